The van der Waals surface area contributed by atoms with Crippen LogP contribution in [0.3, 0.4) is 0 Å². The van der Waals surface area contributed by atoms with E-state index in [1.54, 1.807) is 11.0 Å². The molecule has 1 saturated heterocycles. The third-order valence-corrected chi connectivity index (χ3v) is 5.72. The number of rotatable bonds is 6. The minimum atomic E-state index is -0.559. The lowest BCUT2D eigenvalue weighted by Gasteiger charge is -2.15. The highest BCUT2D eigenvalue weighted by molar-refractivity contribution is 8.15. The van der Waals surface area contributed by atoms with Crippen molar-refractivity contribution in [3.05, 3.63) is 64.7 Å². The van der Waals surface area contributed by atoms with Crippen LogP contribution in [-0.2, 0) is 9.59 Å². The number of amidine groups is 1. The maximum atomic E-state index is 12.9. The Morgan fingerprint density at radius 1 is 1.21 bits per heavy atom. The molecule has 2 aromatic rings. The van der Waals surface area contributed by atoms with Gasteiger partial charge in [0, 0.05) is 30.3 Å². The number of para-hydroxylation sites is 1. The number of carbonyl (C=O) groups is 2. The molecule has 1 aliphatic carbocycles. The van der Waals surface area contributed by atoms with E-state index in [1.807, 2.05) is 30.3 Å². The number of aliphatic imine (C=N–C) groups is 1. The van der Waals surface area contributed by atoms with Crippen LogP contribution in [0.5, 0.6) is 0 Å². The minimum absolute atomic E-state index is 0.0246. The number of thioether (sulfide) groups is 1. The van der Waals surface area contributed by atoms with Crippen LogP contribution in [0.25, 0.3) is 0 Å². The summed E-state index contributed by atoms with van der Waals surface area (Å²) < 4.78 is 0. The fourth-order valence-electron chi connectivity index (χ4n) is 3.05. The van der Waals surface area contributed by atoms with Crippen LogP contribution in [0.2, 0.25) is 0 Å². The summed E-state index contributed by atoms with van der Waals surface area (Å²) in [5, 5.41) is 13.6. The van der Waals surface area contributed by atoms with Gasteiger partial charge in [0.25, 0.3) is 5.69 Å². The van der Waals surface area contributed by atoms with Gasteiger partial charge in [0.2, 0.25) is 11.8 Å². The standard InChI is InChI=1S/C20H18N4O4S/c25-18(21-14-7-4-8-16(11-14)24(27)28)12-17-19(26)23(15-9-10-15)20(29-17)22-13-5-2-1-3-6-13/h1-8,11,15,17H,9-10,12H2,(H,21,25). The molecule has 8 nitrogen and oxygen atoms in total. The lowest BCUT2D eigenvalue weighted by molar-refractivity contribution is -0.384. The van der Waals surface area contributed by atoms with E-state index >= 15 is 0 Å². The number of amides is 2. The molecule has 2 amide bonds. The molecule has 2 fully saturated rings. The Bertz CT molecular complexity index is 991. The van der Waals surface area contributed by atoms with Gasteiger partial charge in [-0.1, -0.05) is 36.0 Å². The Hall–Kier alpha value is -3.20. The first-order chi connectivity index (χ1) is 14.0. The third-order valence-electron chi connectivity index (χ3n) is 4.57. The summed E-state index contributed by atoms with van der Waals surface area (Å²) in [6.45, 7) is 0. The van der Waals surface area contributed by atoms with E-state index in [4.69, 9.17) is 0 Å². The number of nitrogens with zero attached hydrogens (tertiary/aromatic N) is 3. The van der Waals surface area contributed by atoms with Gasteiger partial charge in [0.05, 0.1) is 10.6 Å². The van der Waals surface area contributed by atoms with Crippen LogP contribution >= 0.6 is 11.8 Å². The maximum Gasteiger partial charge on any atom is 0.271 e. The first-order valence-corrected chi connectivity index (χ1v) is 10.1. The highest BCUT2D eigenvalue weighted by atomic mass is 32.2. The molecule has 0 spiro atoms. The van der Waals surface area contributed by atoms with Gasteiger partial charge < -0.3 is 5.32 Å². The van der Waals surface area contributed by atoms with Crippen molar-refractivity contribution < 1.29 is 14.5 Å². The molecule has 1 saturated carbocycles. The fraction of sp³-hybridized carbons (Fsp3) is 0.250. The van der Waals surface area contributed by atoms with E-state index in [9.17, 15) is 19.7 Å². The second-order valence-electron chi connectivity index (χ2n) is 6.84. The fourth-order valence-corrected chi connectivity index (χ4v) is 4.27. The van der Waals surface area contributed by atoms with E-state index < -0.39 is 10.2 Å². The zero-order valence-corrected chi connectivity index (χ0v) is 16.2. The first kappa shape index (κ1) is 19.1. The lowest BCUT2D eigenvalue weighted by atomic mass is 10.2. The van der Waals surface area contributed by atoms with Gasteiger partial charge in [-0.2, -0.15) is 0 Å². The highest BCUT2D eigenvalue weighted by Gasteiger charge is 2.46. The minimum Gasteiger partial charge on any atom is -0.326 e. The smallest absolute Gasteiger partial charge is 0.271 e. The summed E-state index contributed by atoms with van der Waals surface area (Å²) in [5.74, 6) is -0.477. The normalized spacial score (nSPS) is 20.1. The van der Waals surface area contributed by atoms with Crippen molar-refractivity contribution in [1.82, 2.24) is 4.90 Å². The molecule has 0 bridgehead atoms. The summed E-state index contributed by atoms with van der Waals surface area (Å²) in [6, 6.07) is 15.3. The van der Waals surface area contributed by atoms with Gasteiger partial charge >= 0.3 is 0 Å². The summed E-state index contributed by atoms with van der Waals surface area (Å²) in [7, 11) is 0. The highest BCUT2D eigenvalue weighted by Crippen LogP contribution is 2.39. The summed E-state index contributed by atoms with van der Waals surface area (Å²) in [5.41, 5.74) is 0.985. The topological polar surface area (TPSA) is 105 Å². The van der Waals surface area contributed by atoms with Crippen LogP contribution in [0, 0.1) is 10.1 Å². The molecule has 9 heteroatoms. The van der Waals surface area contributed by atoms with Gasteiger partial charge in [-0.25, -0.2) is 4.99 Å². The summed E-state index contributed by atoms with van der Waals surface area (Å²) >= 11 is 1.29. The molecule has 1 N–H and O–H groups in total. The quantitative estimate of drug-likeness (QED) is 0.577. The van der Waals surface area contributed by atoms with Crippen molar-refractivity contribution in [3.63, 3.8) is 0 Å². The van der Waals surface area contributed by atoms with Crippen molar-refractivity contribution in [2.45, 2.75) is 30.6 Å². The Morgan fingerprint density at radius 2 is 1.97 bits per heavy atom. The number of nitro benzene ring substituents is 1. The predicted octanol–water partition coefficient (Wildman–Crippen LogP) is 3.72. The lowest BCUT2D eigenvalue weighted by Crippen LogP contribution is -2.35. The van der Waals surface area contributed by atoms with Crippen molar-refractivity contribution in [2.24, 2.45) is 4.99 Å². The zero-order valence-electron chi connectivity index (χ0n) is 15.4. The van der Waals surface area contributed by atoms with Crippen LogP contribution in [0.4, 0.5) is 17.1 Å². The average molecular weight is 410 g/mol. The van der Waals surface area contributed by atoms with Crippen molar-refractivity contribution in [3.8, 4) is 0 Å². The Labute approximate surface area is 171 Å². The van der Waals surface area contributed by atoms with Crippen LogP contribution in [0.15, 0.2) is 59.6 Å². The second kappa shape index (κ2) is 8.04. The van der Waals surface area contributed by atoms with E-state index in [1.165, 1.54) is 30.0 Å². The summed E-state index contributed by atoms with van der Waals surface area (Å²) in [4.78, 5) is 42.0. The van der Waals surface area contributed by atoms with Crippen molar-refractivity contribution in [2.75, 3.05) is 5.32 Å². The molecule has 2 aromatic carbocycles. The Kier molecular flexibility index (Phi) is 5.30. The number of hydrogen-bond acceptors (Lipinski definition) is 6. The number of nitro groups is 1. The zero-order chi connectivity index (χ0) is 20.4. The maximum absolute atomic E-state index is 12.9. The molecular weight excluding hydrogens is 392 g/mol. The molecule has 1 heterocycles. The molecular formula is C20H18N4O4S. The number of non-ortho nitro benzene ring substituents is 1. The predicted molar refractivity (Wildman–Crippen MR) is 111 cm³/mol. The van der Waals surface area contributed by atoms with Crippen molar-refractivity contribution in [1.29, 1.82) is 0 Å². The average Bonchev–Trinajstić information content (AvgIpc) is 3.49. The largest absolute Gasteiger partial charge is 0.326 e. The van der Waals surface area contributed by atoms with E-state index in [0.29, 0.717) is 10.9 Å². The van der Waals surface area contributed by atoms with Gasteiger partial charge in [-0.05, 0) is 31.0 Å². The van der Waals surface area contributed by atoms with Crippen LogP contribution in [-0.4, -0.2) is 38.1 Å². The molecule has 2 aliphatic rings. The first-order valence-electron chi connectivity index (χ1n) is 9.19. The molecule has 1 atom stereocenters. The van der Waals surface area contributed by atoms with Gasteiger partial charge in [0.15, 0.2) is 5.17 Å². The SMILES string of the molecule is O=C(CC1SC(=Nc2ccccc2)N(C2CC2)C1=O)Nc1cccc([N+](=O)[O-])c1. The van der Waals surface area contributed by atoms with Gasteiger partial charge in [0.1, 0.15) is 5.25 Å². The molecule has 4 rings (SSSR count). The molecule has 0 aromatic heterocycles. The summed E-state index contributed by atoms with van der Waals surface area (Å²) in [6.07, 6.45) is 1.85. The van der Waals surface area contributed by atoms with Gasteiger partial charge in [-0.15, -0.1) is 0 Å². The molecule has 1 aliphatic heterocycles. The second-order valence-corrected chi connectivity index (χ2v) is 8.01. The molecule has 148 valence electrons. The molecule has 29 heavy (non-hydrogen) atoms. The Balaban J connectivity index is 1.46. The van der Waals surface area contributed by atoms with Crippen LogP contribution < -0.4 is 5.32 Å². The van der Waals surface area contributed by atoms with E-state index in [2.05, 4.69) is 10.3 Å². The number of carbonyl (C=O) groups excluding carboxylic acids is 2. The van der Waals surface area contributed by atoms with E-state index in [0.717, 1.165) is 18.5 Å². The van der Waals surface area contributed by atoms with E-state index in [-0.39, 0.29) is 30.0 Å². The number of benzene rings is 2. The number of anilines is 1. The molecule has 1 unspecified atom stereocenters. The monoisotopic (exact) mass is 410 g/mol. The number of nitrogens with one attached hydrogen (secondary N) is 1. The number of hydrogen-bond donors (Lipinski definition) is 1. The van der Waals surface area contributed by atoms with Crippen LogP contribution in [0.1, 0.15) is 19.3 Å². The van der Waals surface area contributed by atoms with Crippen molar-refractivity contribution >= 4 is 45.8 Å². The molecule has 0 radical (unpaired) electrons. The third kappa shape index (κ3) is 4.45. The van der Waals surface area contributed by atoms with Gasteiger partial charge in [-0.3, -0.25) is 24.6 Å². The Morgan fingerprint density at radius 3 is 2.66 bits per heavy atom.